The number of anilines is 2. The van der Waals surface area contributed by atoms with Gasteiger partial charge in [-0.3, -0.25) is 9.59 Å². The van der Waals surface area contributed by atoms with Crippen molar-refractivity contribution in [3.63, 3.8) is 0 Å². The second-order valence-corrected chi connectivity index (χ2v) is 7.93. The summed E-state index contributed by atoms with van der Waals surface area (Å²) in [6, 6.07) is 24.1. The average molecular weight is 455 g/mol. The maximum atomic E-state index is 13.2. The van der Waals surface area contributed by atoms with Crippen LogP contribution in [0.2, 0.25) is 0 Å². The molecule has 0 bridgehead atoms. The maximum Gasteiger partial charge on any atom is 0.262 e. The summed E-state index contributed by atoms with van der Waals surface area (Å²) in [5.74, 6) is 0.201. The molecule has 0 atom stereocenters. The van der Waals surface area contributed by atoms with Crippen LogP contribution < -0.4 is 20.1 Å². The van der Waals surface area contributed by atoms with E-state index in [-0.39, 0.29) is 18.4 Å². The molecule has 0 aromatic heterocycles. The number of benzene rings is 4. The molecule has 4 aromatic carbocycles. The van der Waals surface area contributed by atoms with Gasteiger partial charge >= 0.3 is 0 Å². The Morgan fingerprint density at radius 3 is 2.21 bits per heavy atom. The minimum Gasteiger partial charge on any atom is -0.495 e. The smallest absolute Gasteiger partial charge is 0.262 e. The number of aryl methyl sites for hydroxylation is 1. The average Bonchev–Trinajstić information content (AvgIpc) is 2.85. The first-order valence-corrected chi connectivity index (χ1v) is 10.9. The van der Waals surface area contributed by atoms with Crippen LogP contribution in [0.3, 0.4) is 0 Å². The Morgan fingerprint density at radius 1 is 0.765 bits per heavy atom. The van der Waals surface area contributed by atoms with Crippen molar-refractivity contribution < 1.29 is 19.1 Å². The lowest BCUT2D eigenvalue weighted by Crippen LogP contribution is -2.22. The Morgan fingerprint density at radius 2 is 1.44 bits per heavy atom. The fraction of sp³-hybridized carbons (Fsp3) is 0.143. The van der Waals surface area contributed by atoms with Crippen LogP contribution in [0, 0.1) is 13.8 Å². The first kappa shape index (κ1) is 22.9. The summed E-state index contributed by atoms with van der Waals surface area (Å²) >= 11 is 0. The van der Waals surface area contributed by atoms with Crippen LogP contribution >= 0.6 is 0 Å². The van der Waals surface area contributed by atoms with Gasteiger partial charge in [-0.05, 0) is 66.1 Å². The van der Waals surface area contributed by atoms with Crippen LogP contribution in [-0.4, -0.2) is 25.5 Å². The van der Waals surface area contributed by atoms with Gasteiger partial charge < -0.3 is 20.1 Å². The van der Waals surface area contributed by atoms with Crippen molar-refractivity contribution in [2.45, 2.75) is 13.8 Å². The molecular weight excluding hydrogens is 428 g/mol. The van der Waals surface area contributed by atoms with E-state index in [1.165, 1.54) is 0 Å². The molecule has 4 aromatic rings. The minimum atomic E-state index is -0.361. The number of methoxy groups -OCH3 is 1. The molecule has 4 rings (SSSR count). The molecule has 0 aliphatic rings. The molecule has 0 unspecified atom stereocenters. The van der Waals surface area contributed by atoms with E-state index in [1.807, 2.05) is 68.4 Å². The molecule has 0 fully saturated rings. The molecule has 0 heterocycles. The number of hydrogen-bond donors (Lipinski definition) is 2. The highest BCUT2D eigenvalue weighted by Crippen LogP contribution is 2.29. The zero-order chi connectivity index (χ0) is 24.1. The van der Waals surface area contributed by atoms with Gasteiger partial charge in [-0.15, -0.1) is 0 Å². The first-order chi connectivity index (χ1) is 16.5. The molecule has 2 amide bonds. The van der Waals surface area contributed by atoms with Crippen molar-refractivity contribution in [1.29, 1.82) is 0 Å². The SMILES string of the molecule is COc1ccccc1NC(=O)c1cc2ccccc2cc1OCC(=O)Nc1cccc(C)c1C. The lowest BCUT2D eigenvalue weighted by atomic mass is 10.1. The van der Waals surface area contributed by atoms with Crippen molar-refractivity contribution in [3.05, 3.63) is 95.6 Å². The number of ether oxygens (including phenoxy) is 2. The molecule has 0 saturated carbocycles. The van der Waals surface area contributed by atoms with Crippen molar-refractivity contribution in [2.24, 2.45) is 0 Å². The highest BCUT2D eigenvalue weighted by atomic mass is 16.5. The Bertz CT molecular complexity index is 1360. The quantitative estimate of drug-likeness (QED) is 0.374. The lowest BCUT2D eigenvalue weighted by molar-refractivity contribution is -0.118. The zero-order valence-corrected chi connectivity index (χ0v) is 19.3. The second kappa shape index (κ2) is 10.1. The van der Waals surface area contributed by atoms with Crippen LogP contribution in [0.1, 0.15) is 21.5 Å². The molecule has 6 heteroatoms. The molecule has 0 spiro atoms. The second-order valence-electron chi connectivity index (χ2n) is 7.93. The molecule has 0 aliphatic heterocycles. The topological polar surface area (TPSA) is 76.7 Å². The van der Waals surface area contributed by atoms with Crippen molar-refractivity contribution in [2.75, 3.05) is 24.4 Å². The Balaban J connectivity index is 1.58. The summed E-state index contributed by atoms with van der Waals surface area (Å²) in [6.45, 7) is 3.71. The van der Waals surface area contributed by atoms with Crippen molar-refractivity contribution in [1.82, 2.24) is 0 Å². The summed E-state index contributed by atoms with van der Waals surface area (Å²) < 4.78 is 11.2. The summed E-state index contributed by atoms with van der Waals surface area (Å²) in [4.78, 5) is 25.8. The van der Waals surface area contributed by atoms with Crippen LogP contribution in [0.4, 0.5) is 11.4 Å². The highest BCUT2D eigenvalue weighted by molar-refractivity contribution is 6.09. The van der Waals surface area contributed by atoms with Gasteiger partial charge in [0.1, 0.15) is 11.5 Å². The van der Waals surface area contributed by atoms with E-state index in [1.54, 1.807) is 31.4 Å². The molecule has 0 saturated heterocycles. The van der Waals surface area contributed by atoms with Gasteiger partial charge in [-0.25, -0.2) is 0 Å². The van der Waals surface area contributed by atoms with E-state index in [0.29, 0.717) is 22.7 Å². The Labute approximate surface area is 198 Å². The first-order valence-electron chi connectivity index (χ1n) is 10.9. The molecule has 2 N–H and O–H groups in total. The maximum absolute atomic E-state index is 13.2. The lowest BCUT2D eigenvalue weighted by Gasteiger charge is -2.15. The minimum absolute atomic E-state index is 0.235. The van der Waals surface area contributed by atoms with Gasteiger partial charge in [0.15, 0.2) is 6.61 Å². The Kier molecular flexibility index (Phi) is 6.78. The molecule has 0 aliphatic carbocycles. The number of hydrogen-bond acceptors (Lipinski definition) is 4. The normalized spacial score (nSPS) is 10.6. The molecule has 34 heavy (non-hydrogen) atoms. The summed E-state index contributed by atoms with van der Waals surface area (Å²) in [7, 11) is 1.55. The third-order valence-electron chi connectivity index (χ3n) is 5.69. The number of rotatable bonds is 7. The summed E-state index contributed by atoms with van der Waals surface area (Å²) in [6.07, 6.45) is 0. The standard InChI is InChI=1S/C28H26N2O4/c1-18-9-8-13-23(19(18)2)29-27(31)17-34-26-16-21-11-5-4-10-20(21)15-22(26)28(32)30-24-12-6-7-14-25(24)33-3/h4-16H,17H2,1-3H3,(H,29,31)(H,30,32). The van der Waals surface area contributed by atoms with E-state index in [0.717, 1.165) is 27.6 Å². The zero-order valence-electron chi connectivity index (χ0n) is 19.3. The predicted molar refractivity (Wildman–Crippen MR) is 135 cm³/mol. The summed E-state index contributed by atoms with van der Waals surface area (Å²) in [5.41, 5.74) is 3.69. The van der Waals surface area contributed by atoms with Crippen molar-refractivity contribution in [3.8, 4) is 11.5 Å². The van der Waals surface area contributed by atoms with E-state index >= 15 is 0 Å². The third kappa shape index (κ3) is 5.02. The monoisotopic (exact) mass is 454 g/mol. The van der Waals surface area contributed by atoms with Gasteiger partial charge in [0.2, 0.25) is 0 Å². The van der Waals surface area contributed by atoms with Crippen molar-refractivity contribution >= 4 is 34.0 Å². The number of nitrogens with one attached hydrogen (secondary N) is 2. The van der Waals surface area contributed by atoms with Gasteiger partial charge in [-0.2, -0.15) is 0 Å². The van der Waals surface area contributed by atoms with E-state index in [4.69, 9.17) is 9.47 Å². The number of para-hydroxylation sites is 2. The fourth-order valence-electron chi connectivity index (χ4n) is 3.67. The van der Waals surface area contributed by atoms with Crippen LogP contribution in [-0.2, 0) is 4.79 Å². The molecule has 6 nitrogen and oxygen atoms in total. The van der Waals surface area contributed by atoms with Crippen LogP contribution in [0.25, 0.3) is 10.8 Å². The number of fused-ring (bicyclic) bond motifs is 1. The van der Waals surface area contributed by atoms with E-state index < -0.39 is 0 Å². The van der Waals surface area contributed by atoms with Crippen LogP contribution in [0.15, 0.2) is 78.9 Å². The highest BCUT2D eigenvalue weighted by Gasteiger charge is 2.17. The van der Waals surface area contributed by atoms with Crippen LogP contribution in [0.5, 0.6) is 11.5 Å². The van der Waals surface area contributed by atoms with E-state index in [9.17, 15) is 9.59 Å². The van der Waals surface area contributed by atoms with Gasteiger partial charge in [0, 0.05) is 5.69 Å². The molecule has 172 valence electrons. The molecular formula is C28H26N2O4. The number of carbonyl (C=O) groups excluding carboxylic acids is 2. The largest absolute Gasteiger partial charge is 0.495 e. The van der Waals surface area contributed by atoms with Gasteiger partial charge in [0.05, 0.1) is 18.4 Å². The van der Waals surface area contributed by atoms with Gasteiger partial charge in [-0.1, -0.05) is 48.5 Å². The number of amides is 2. The fourth-order valence-corrected chi connectivity index (χ4v) is 3.67. The summed E-state index contributed by atoms with van der Waals surface area (Å²) in [5, 5.41) is 7.55. The predicted octanol–water partition coefficient (Wildman–Crippen LogP) is 5.74. The molecule has 0 radical (unpaired) electrons. The van der Waals surface area contributed by atoms with E-state index in [2.05, 4.69) is 10.6 Å². The number of carbonyl (C=O) groups is 2. The third-order valence-corrected chi connectivity index (χ3v) is 5.69. The Hall–Kier alpha value is -4.32. The van der Waals surface area contributed by atoms with Gasteiger partial charge in [0.25, 0.3) is 11.8 Å².